The summed E-state index contributed by atoms with van der Waals surface area (Å²) < 4.78 is 22.8. The van der Waals surface area contributed by atoms with Crippen LogP contribution in [-0.4, -0.2) is 38.1 Å². The maximum atomic E-state index is 12.5. The zero-order valence-corrected chi connectivity index (χ0v) is 13.0. The van der Waals surface area contributed by atoms with Crippen LogP contribution in [0.2, 0.25) is 0 Å². The average Bonchev–Trinajstić information content (AvgIpc) is 2.37. The van der Waals surface area contributed by atoms with Crippen LogP contribution in [0.15, 0.2) is 29.2 Å². The predicted octanol–water partition coefficient (Wildman–Crippen LogP) is 2.35. The van der Waals surface area contributed by atoms with Crippen LogP contribution in [-0.2, 0) is 9.84 Å². The van der Waals surface area contributed by atoms with Gasteiger partial charge in [0.25, 0.3) is 5.91 Å². The second-order valence-electron chi connectivity index (χ2n) is 5.77. The van der Waals surface area contributed by atoms with Gasteiger partial charge in [-0.05, 0) is 49.9 Å². The highest BCUT2D eigenvalue weighted by atomic mass is 32.2. The number of benzene rings is 1. The molecule has 0 saturated carbocycles. The Bertz CT molecular complexity index is 592. The number of nitrogens with zero attached hydrogens (tertiary/aromatic N) is 1. The summed E-state index contributed by atoms with van der Waals surface area (Å²) in [5.74, 6) is 0.645. The highest BCUT2D eigenvalue weighted by Gasteiger charge is 2.27. The van der Waals surface area contributed by atoms with Crippen molar-refractivity contribution in [2.45, 2.75) is 37.6 Å². The van der Waals surface area contributed by atoms with E-state index in [0.29, 0.717) is 11.5 Å². The third-order valence-corrected chi connectivity index (χ3v) is 5.06. The molecule has 1 heterocycles. The van der Waals surface area contributed by atoms with E-state index in [9.17, 15) is 13.2 Å². The number of likely N-dealkylation sites (tertiary alicyclic amines) is 1. The summed E-state index contributed by atoms with van der Waals surface area (Å²) >= 11 is 0. The summed E-state index contributed by atoms with van der Waals surface area (Å²) in [6.45, 7) is 5.05. The van der Waals surface area contributed by atoms with Crippen molar-refractivity contribution in [2.24, 2.45) is 5.92 Å². The molecule has 1 aliphatic rings. The predicted molar refractivity (Wildman–Crippen MR) is 78.4 cm³/mol. The van der Waals surface area contributed by atoms with Crippen LogP contribution >= 0.6 is 0 Å². The molecular formula is C15H21NO3S. The van der Waals surface area contributed by atoms with Gasteiger partial charge in [-0.3, -0.25) is 4.79 Å². The van der Waals surface area contributed by atoms with Crippen molar-refractivity contribution in [1.82, 2.24) is 4.90 Å². The van der Waals surface area contributed by atoms with Crippen molar-refractivity contribution in [1.29, 1.82) is 0 Å². The van der Waals surface area contributed by atoms with Crippen molar-refractivity contribution in [3.63, 3.8) is 0 Å². The number of hydrogen-bond donors (Lipinski definition) is 0. The lowest BCUT2D eigenvalue weighted by molar-refractivity contribution is 0.0588. The Morgan fingerprint density at radius 2 is 1.80 bits per heavy atom. The molecule has 1 aromatic carbocycles. The Kier molecular flexibility index (Phi) is 4.18. The first kappa shape index (κ1) is 15.0. The van der Waals surface area contributed by atoms with Gasteiger partial charge in [-0.25, -0.2) is 8.42 Å². The topological polar surface area (TPSA) is 54.5 Å². The van der Waals surface area contributed by atoms with Crippen molar-refractivity contribution in [2.75, 3.05) is 12.8 Å². The molecule has 20 heavy (non-hydrogen) atoms. The third kappa shape index (κ3) is 3.20. The van der Waals surface area contributed by atoms with Crippen molar-refractivity contribution < 1.29 is 13.2 Å². The number of hydrogen-bond acceptors (Lipinski definition) is 3. The Labute approximate surface area is 120 Å². The minimum atomic E-state index is -3.21. The highest BCUT2D eigenvalue weighted by molar-refractivity contribution is 7.90. The number of sulfone groups is 1. The minimum Gasteiger partial charge on any atom is -0.336 e. The van der Waals surface area contributed by atoms with Gasteiger partial charge < -0.3 is 4.90 Å². The average molecular weight is 295 g/mol. The fraction of sp³-hybridized carbons (Fsp3) is 0.533. The Balaban J connectivity index is 2.17. The molecule has 4 nitrogen and oxygen atoms in total. The molecule has 5 heteroatoms. The van der Waals surface area contributed by atoms with Gasteiger partial charge in [0.15, 0.2) is 9.84 Å². The molecule has 2 atom stereocenters. The summed E-state index contributed by atoms with van der Waals surface area (Å²) in [6, 6.07) is 6.44. The van der Waals surface area contributed by atoms with E-state index in [1.807, 2.05) is 4.90 Å². The molecule has 2 rings (SSSR count). The van der Waals surface area contributed by atoms with Crippen molar-refractivity contribution >= 4 is 15.7 Å². The number of amides is 1. The van der Waals surface area contributed by atoms with Crippen LogP contribution in [0.1, 0.15) is 37.0 Å². The minimum absolute atomic E-state index is 0.00977. The second-order valence-corrected chi connectivity index (χ2v) is 7.79. The lowest BCUT2D eigenvalue weighted by Crippen LogP contribution is -2.44. The van der Waals surface area contributed by atoms with Gasteiger partial charge in [-0.15, -0.1) is 0 Å². The molecule has 0 bridgehead atoms. The first-order valence-corrected chi connectivity index (χ1v) is 8.79. The van der Waals surface area contributed by atoms with Gasteiger partial charge in [-0.1, -0.05) is 6.92 Å². The third-order valence-electron chi connectivity index (χ3n) is 3.93. The molecule has 1 fully saturated rings. The lowest BCUT2D eigenvalue weighted by Gasteiger charge is -2.36. The van der Waals surface area contributed by atoms with Crippen LogP contribution in [0.5, 0.6) is 0 Å². The molecule has 0 radical (unpaired) electrons. The molecule has 110 valence electrons. The smallest absolute Gasteiger partial charge is 0.254 e. The SMILES string of the molecule is C[C@H]1CCN(C(=O)c2ccc(S(C)(=O)=O)cc2)[C@@H](C)C1. The van der Waals surface area contributed by atoms with Gasteiger partial charge >= 0.3 is 0 Å². The van der Waals surface area contributed by atoms with Crippen LogP contribution in [0.4, 0.5) is 0 Å². The maximum Gasteiger partial charge on any atom is 0.254 e. The number of carbonyl (C=O) groups excluding carboxylic acids is 1. The highest BCUT2D eigenvalue weighted by Crippen LogP contribution is 2.24. The van der Waals surface area contributed by atoms with E-state index < -0.39 is 9.84 Å². The van der Waals surface area contributed by atoms with Crippen molar-refractivity contribution in [3.8, 4) is 0 Å². The molecule has 1 aromatic rings. The van der Waals surface area contributed by atoms with Crippen molar-refractivity contribution in [3.05, 3.63) is 29.8 Å². The fourth-order valence-electron chi connectivity index (χ4n) is 2.72. The van der Waals surface area contributed by atoms with E-state index in [0.717, 1.165) is 25.6 Å². The Morgan fingerprint density at radius 1 is 1.20 bits per heavy atom. The van der Waals surface area contributed by atoms with Crippen LogP contribution in [0.3, 0.4) is 0 Å². The van der Waals surface area contributed by atoms with Gasteiger partial charge in [-0.2, -0.15) is 0 Å². The molecule has 0 aromatic heterocycles. The number of piperidine rings is 1. The van der Waals surface area contributed by atoms with E-state index in [2.05, 4.69) is 13.8 Å². The van der Waals surface area contributed by atoms with Gasteiger partial charge in [0, 0.05) is 24.4 Å². The zero-order chi connectivity index (χ0) is 14.9. The molecule has 0 unspecified atom stereocenters. The Hall–Kier alpha value is -1.36. The van der Waals surface area contributed by atoms with Gasteiger partial charge in [0.05, 0.1) is 4.90 Å². The molecule has 0 aliphatic carbocycles. The van der Waals surface area contributed by atoms with Gasteiger partial charge in [0.1, 0.15) is 0 Å². The standard InChI is InChI=1S/C15H21NO3S/c1-11-8-9-16(12(2)10-11)15(17)13-4-6-14(7-5-13)20(3,18)19/h4-7,11-12H,8-10H2,1-3H3/t11-,12-/m0/s1. The summed E-state index contributed by atoms with van der Waals surface area (Å²) in [6.07, 6.45) is 3.21. The first-order valence-electron chi connectivity index (χ1n) is 6.90. The van der Waals surface area contributed by atoms with Gasteiger partial charge in [0.2, 0.25) is 0 Å². The first-order chi connectivity index (χ1) is 9.29. The fourth-order valence-corrected chi connectivity index (χ4v) is 3.35. The van der Waals surface area contributed by atoms with E-state index in [-0.39, 0.29) is 16.8 Å². The van der Waals surface area contributed by atoms with E-state index >= 15 is 0 Å². The summed E-state index contributed by atoms with van der Waals surface area (Å²) in [7, 11) is -3.21. The second kappa shape index (κ2) is 5.56. The van der Waals surface area contributed by atoms with Crippen LogP contribution in [0, 0.1) is 5.92 Å². The quantitative estimate of drug-likeness (QED) is 0.841. The molecular weight excluding hydrogens is 274 g/mol. The maximum absolute atomic E-state index is 12.5. The zero-order valence-electron chi connectivity index (χ0n) is 12.2. The molecule has 1 aliphatic heterocycles. The van der Waals surface area contributed by atoms with E-state index in [4.69, 9.17) is 0 Å². The largest absolute Gasteiger partial charge is 0.336 e. The molecule has 1 saturated heterocycles. The van der Waals surface area contributed by atoms with E-state index in [1.165, 1.54) is 12.1 Å². The Morgan fingerprint density at radius 3 is 2.30 bits per heavy atom. The number of rotatable bonds is 2. The lowest BCUT2D eigenvalue weighted by atomic mass is 9.93. The van der Waals surface area contributed by atoms with Crippen LogP contribution in [0.25, 0.3) is 0 Å². The normalized spacial score (nSPS) is 23.6. The summed E-state index contributed by atoms with van der Waals surface area (Å²) in [5.41, 5.74) is 0.554. The summed E-state index contributed by atoms with van der Waals surface area (Å²) in [5, 5.41) is 0. The van der Waals surface area contributed by atoms with E-state index in [1.54, 1.807) is 12.1 Å². The summed E-state index contributed by atoms with van der Waals surface area (Å²) in [4.78, 5) is 14.6. The molecule has 0 N–H and O–H groups in total. The van der Waals surface area contributed by atoms with Crippen LogP contribution < -0.4 is 0 Å². The monoisotopic (exact) mass is 295 g/mol. The molecule has 0 spiro atoms. The number of carbonyl (C=O) groups is 1. The molecule has 1 amide bonds.